The van der Waals surface area contributed by atoms with Crippen LogP contribution in [0.3, 0.4) is 0 Å². The van der Waals surface area contributed by atoms with Gasteiger partial charge < -0.3 is 0 Å². The Morgan fingerprint density at radius 1 is 1.38 bits per heavy atom. The molecule has 1 atom stereocenters. The highest BCUT2D eigenvalue weighted by Gasteiger charge is 2.13. The molecule has 0 spiro atoms. The van der Waals surface area contributed by atoms with Crippen molar-refractivity contribution in [1.82, 2.24) is 0 Å². The Morgan fingerprint density at radius 3 is 3.25 bits per heavy atom. The molecule has 0 aliphatic heterocycles. The van der Waals surface area contributed by atoms with E-state index in [0.29, 0.717) is 5.92 Å². The molecule has 2 aliphatic carbocycles. The van der Waals surface area contributed by atoms with E-state index in [1.165, 1.54) is 6.42 Å². The van der Waals surface area contributed by atoms with Crippen molar-refractivity contribution < 1.29 is 0 Å². The van der Waals surface area contributed by atoms with Gasteiger partial charge in [0.15, 0.2) is 0 Å². The van der Waals surface area contributed by atoms with Crippen molar-refractivity contribution in [2.75, 3.05) is 0 Å². The summed E-state index contributed by atoms with van der Waals surface area (Å²) in [6.45, 7) is 0. The average molecular weight is 104 g/mol. The summed E-state index contributed by atoms with van der Waals surface area (Å²) in [7, 11) is 0. The van der Waals surface area contributed by atoms with Crippen molar-refractivity contribution in [2.45, 2.75) is 6.42 Å². The zero-order chi connectivity index (χ0) is 5.40. The number of allylic oxidation sites excluding steroid dienone is 6. The SMILES string of the molecule is C1=CC2C=CCC2=C1. The molecule has 0 aromatic heterocycles. The predicted molar refractivity (Wildman–Crippen MR) is 34.5 cm³/mol. The highest BCUT2D eigenvalue weighted by molar-refractivity contribution is 5.37. The van der Waals surface area contributed by atoms with E-state index in [-0.39, 0.29) is 0 Å². The molecular formula is C8H8. The van der Waals surface area contributed by atoms with Crippen LogP contribution in [0.5, 0.6) is 0 Å². The van der Waals surface area contributed by atoms with Crippen LogP contribution in [0.2, 0.25) is 0 Å². The van der Waals surface area contributed by atoms with E-state index in [4.69, 9.17) is 0 Å². The molecule has 0 saturated carbocycles. The second-order valence-electron chi connectivity index (χ2n) is 2.28. The first-order valence-electron chi connectivity index (χ1n) is 3.01. The zero-order valence-corrected chi connectivity index (χ0v) is 4.67. The van der Waals surface area contributed by atoms with Gasteiger partial charge in [-0.3, -0.25) is 0 Å². The molecule has 0 saturated heterocycles. The van der Waals surface area contributed by atoms with Crippen molar-refractivity contribution in [1.29, 1.82) is 0 Å². The van der Waals surface area contributed by atoms with Gasteiger partial charge in [0.1, 0.15) is 0 Å². The van der Waals surface area contributed by atoms with Crippen molar-refractivity contribution in [3.05, 3.63) is 36.0 Å². The summed E-state index contributed by atoms with van der Waals surface area (Å²) >= 11 is 0. The van der Waals surface area contributed by atoms with Gasteiger partial charge in [0.25, 0.3) is 0 Å². The molecule has 0 heterocycles. The van der Waals surface area contributed by atoms with Crippen molar-refractivity contribution in [2.24, 2.45) is 5.92 Å². The minimum absolute atomic E-state index is 0.676. The third kappa shape index (κ3) is 0.401. The summed E-state index contributed by atoms with van der Waals surface area (Å²) < 4.78 is 0. The maximum atomic E-state index is 2.26. The number of fused-ring (bicyclic) bond motifs is 1. The molecule has 8 heavy (non-hydrogen) atoms. The maximum absolute atomic E-state index is 2.26. The Labute approximate surface area is 49.2 Å². The lowest BCUT2D eigenvalue weighted by Gasteiger charge is -1.95. The molecule has 2 rings (SSSR count). The van der Waals surface area contributed by atoms with Crippen molar-refractivity contribution in [3.63, 3.8) is 0 Å². The van der Waals surface area contributed by atoms with Gasteiger partial charge in [0.2, 0.25) is 0 Å². The Balaban J connectivity index is 2.39. The summed E-state index contributed by atoms with van der Waals surface area (Å²) in [5.41, 5.74) is 1.56. The largest absolute Gasteiger partial charge is 0.0835 e. The van der Waals surface area contributed by atoms with E-state index in [2.05, 4.69) is 30.4 Å². The molecule has 0 amide bonds. The van der Waals surface area contributed by atoms with Gasteiger partial charge in [0, 0.05) is 5.92 Å². The van der Waals surface area contributed by atoms with Crippen LogP contribution in [0.15, 0.2) is 36.0 Å². The fourth-order valence-electron chi connectivity index (χ4n) is 1.28. The maximum Gasteiger partial charge on any atom is 0.0166 e. The molecule has 0 N–H and O–H groups in total. The summed E-state index contributed by atoms with van der Waals surface area (Å²) in [5, 5.41) is 0. The summed E-state index contributed by atoms with van der Waals surface area (Å²) in [6, 6.07) is 0. The molecule has 2 aliphatic rings. The second-order valence-corrected chi connectivity index (χ2v) is 2.28. The molecule has 40 valence electrons. The van der Waals surface area contributed by atoms with Crippen LogP contribution in [-0.2, 0) is 0 Å². The molecule has 1 unspecified atom stereocenters. The highest BCUT2D eigenvalue weighted by Crippen LogP contribution is 2.28. The Hall–Kier alpha value is -0.780. The molecule has 0 heteroatoms. The standard InChI is InChI=1S/C8H8/c1-3-7-5-2-6-8(7)4-1/h1-5,7H,6H2. The van der Waals surface area contributed by atoms with Gasteiger partial charge in [-0.2, -0.15) is 0 Å². The lowest BCUT2D eigenvalue weighted by molar-refractivity contribution is 1.01. The quantitative estimate of drug-likeness (QED) is 0.413. The van der Waals surface area contributed by atoms with Crippen LogP contribution in [0.1, 0.15) is 6.42 Å². The van der Waals surface area contributed by atoms with Crippen LogP contribution >= 0.6 is 0 Å². The van der Waals surface area contributed by atoms with E-state index < -0.39 is 0 Å². The molecule has 0 aromatic carbocycles. The van der Waals surface area contributed by atoms with Gasteiger partial charge in [-0.15, -0.1) is 0 Å². The van der Waals surface area contributed by atoms with Crippen molar-refractivity contribution >= 4 is 0 Å². The third-order valence-electron chi connectivity index (χ3n) is 1.75. The smallest absolute Gasteiger partial charge is 0.0166 e. The molecule has 0 aromatic rings. The first-order valence-corrected chi connectivity index (χ1v) is 3.01. The first-order chi connectivity index (χ1) is 3.97. The van der Waals surface area contributed by atoms with Crippen LogP contribution in [0.4, 0.5) is 0 Å². The van der Waals surface area contributed by atoms with Crippen LogP contribution in [0, 0.1) is 5.92 Å². The lowest BCUT2D eigenvalue weighted by atomic mass is 10.1. The normalized spacial score (nSPS) is 31.0. The monoisotopic (exact) mass is 104 g/mol. The molecule has 0 radical (unpaired) electrons. The minimum atomic E-state index is 0.676. The van der Waals surface area contributed by atoms with Crippen LogP contribution in [0.25, 0.3) is 0 Å². The van der Waals surface area contributed by atoms with Gasteiger partial charge in [-0.05, 0) is 6.42 Å². The Bertz CT molecular complexity index is 182. The fraction of sp³-hybridized carbons (Fsp3) is 0.250. The van der Waals surface area contributed by atoms with Gasteiger partial charge in [-0.1, -0.05) is 36.0 Å². The predicted octanol–water partition coefficient (Wildman–Crippen LogP) is 2.06. The van der Waals surface area contributed by atoms with Gasteiger partial charge >= 0.3 is 0 Å². The topological polar surface area (TPSA) is 0 Å². The van der Waals surface area contributed by atoms with E-state index in [1.807, 2.05) is 0 Å². The average Bonchev–Trinajstić information content (AvgIpc) is 2.15. The molecular weight excluding hydrogens is 96.1 g/mol. The number of rotatable bonds is 0. The van der Waals surface area contributed by atoms with Gasteiger partial charge in [-0.25, -0.2) is 0 Å². The fourth-order valence-corrected chi connectivity index (χ4v) is 1.28. The number of hydrogen-bond donors (Lipinski definition) is 0. The molecule has 0 bridgehead atoms. The first kappa shape index (κ1) is 4.13. The minimum Gasteiger partial charge on any atom is -0.0835 e. The van der Waals surface area contributed by atoms with Crippen LogP contribution in [-0.4, -0.2) is 0 Å². The van der Waals surface area contributed by atoms with Gasteiger partial charge in [0.05, 0.1) is 0 Å². The van der Waals surface area contributed by atoms with E-state index in [1.54, 1.807) is 5.57 Å². The second kappa shape index (κ2) is 1.35. The van der Waals surface area contributed by atoms with Crippen LogP contribution < -0.4 is 0 Å². The Kier molecular flexibility index (Phi) is 0.696. The summed E-state index contributed by atoms with van der Waals surface area (Å²) in [6.07, 6.45) is 12.3. The molecule has 0 nitrogen and oxygen atoms in total. The van der Waals surface area contributed by atoms with Crippen molar-refractivity contribution in [3.8, 4) is 0 Å². The van der Waals surface area contributed by atoms with E-state index >= 15 is 0 Å². The summed E-state index contributed by atoms with van der Waals surface area (Å²) in [4.78, 5) is 0. The number of hydrogen-bond acceptors (Lipinski definition) is 0. The highest BCUT2D eigenvalue weighted by atomic mass is 14.2. The van der Waals surface area contributed by atoms with E-state index in [0.717, 1.165) is 0 Å². The third-order valence-corrected chi connectivity index (χ3v) is 1.75. The zero-order valence-electron chi connectivity index (χ0n) is 4.67. The van der Waals surface area contributed by atoms with E-state index in [9.17, 15) is 0 Å². The molecule has 0 fully saturated rings. The summed E-state index contributed by atoms with van der Waals surface area (Å²) in [5.74, 6) is 0.676. The Morgan fingerprint density at radius 2 is 2.38 bits per heavy atom. The lowest BCUT2D eigenvalue weighted by Crippen LogP contribution is -1.83.